The summed E-state index contributed by atoms with van der Waals surface area (Å²) in [5.74, 6) is -0.933. The quantitative estimate of drug-likeness (QED) is 0.0261. The lowest BCUT2D eigenvalue weighted by atomic mass is 10.0. The van der Waals surface area contributed by atoms with E-state index in [0.29, 0.717) is 19.3 Å². The molecule has 0 aliphatic rings. The first-order valence-electron chi connectivity index (χ1n) is 32.5. The van der Waals surface area contributed by atoms with Crippen molar-refractivity contribution in [1.29, 1.82) is 0 Å². The molecule has 0 radical (unpaired) electrons. The lowest BCUT2D eigenvalue weighted by molar-refractivity contribution is -0.167. The molecule has 6 heteroatoms. The number of hydrogen-bond donors (Lipinski definition) is 0. The Balaban J connectivity index is 4.26. The van der Waals surface area contributed by atoms with Crippen molar-refractivity contribution in [2.45, 2.75) is 303 Å². The van der Waals surface area contributed by atoms with E-state index in [4.69, 9.17) is 14.2 Å². The molecule has 0 aromatic heterocycles. The summed E-state index contributed by atoms with van der Waals surface area (Å²) in [6.07, 6.45) is 90.8. The van der Waals surface area contributed by atoms with E-state index >= 15 is 0 Å². The number of unbranched alkanes of at least 4 members (excludes halogenated alkanes) is 27. The van der Waals surface area contributed by atoms with Gasteiger partial charge in [-0.15, -0.1) is 0 Å². The average Bonchev–Trinajstić information content (AvgIpc) is 3.44. The summed E-state index contributed by atoms with van der Waals surface area (Å²) in [4.78, 5) is 38.2. The molecule has 0 bridgehead atoms. The van der Waals surface area contributed by atoms with Crippen LogP contribution in [0.15, 0.2) is 122 Å². The highest BCUT2D eigenvalue weighted by Crippen LogP contribution is 2.16. The molecular weight excluding hydrogens is 961 g/mol. The normalized spacial score (nSPS) is 12.9. The van der Waals surface area contributed by atoms with Gasteiger partial charge < -0.3 is 14.2 Å². The molecule has 1 unspecified atom stereocenters. The molecule has 0 aromatic carbocycles. The Hall–Kier alpha value is -4.19. The van der Waals surface area contributed by atoms with Crippen molar-refractivity contribution in [2.75, 3.05) is 13.2 Å². The number of carbonyl (C=O) groups is 3. The number of allylic oxidation sites excluding steroid dienone is 20. The average molecular weight is 1080 g/mol. The van der Waals surface area contributed by atoms with Gasteiger partial charge in [0.15, 0.2) is 6.10 Å². The van der Waals surface area contributed by atoms with Crippen molar-refractivity contribution in [3.05, 3.63) is 122 Å². The molecule has 1 atom stereocenters. The van der Waals surface area contributed by atoms with Crippen LogP contribution in [0.4, 0.5) is 0 Å². The van der Waals surface area contributed by atoms with E-state index in [-0.39, 0.29) is 37.5 Å². The Morgan fingerprint density at radius 2 is 0.500 bits per heavy atom. The van der Waals surface area contributed by atoms with Gasteiger partial charge in [-0.2, -0.15) is 0 Å². The zero-order valence-corrected chi connectivity index (χ0v) is 50.9. The van der Waals surface area contributed by atoms with Crippen molar-refractivity contribution in [3.8, 4) is 0 Å². The zero-order valence-electron chi connectivity index (χ0n) is 50.9. The van der Waals surface area contributed by atoms with Crippen molar-refractivity contribution in [3.63, 3.8) is 0 Å². The Kier molecular flexibility index (Phi) is 61.8. The predicted molar refractivity (Wildman–Crippen MR) is 339 cm³/mol. The van der Waals surface area contributed by atoms with E-state index in [1.165, 1.54) is 135 Å². The molecule has 0 aliphatic heterocycles. The number of ether oxygens (including phenoxy) is 3. The first-order valence-corrected chi connectivity index (χ1v) is 32.5. The fourth-order valence-electron chi connectivity index (χ4n) is 8.91. The van der Waals surface area contributed by atoms with Gasteiger partial charge in [0.05, 0.1) is 0 Å². The van der Waals surface area contributed by atoms with Gasteiger partial charge in [-0.1, -0.05) is 290 Å². The topological polar surface area (TPSA) is 78.9 Å². The standard InChI is InChI=1S/C72H120O6/c1-4-7-10-13-16-19-22-24-26-28-30-32-33-34-35-36-37-38-39-41-42-44-46-48-50-53-56-59-62-65-71(74)77-68-69(67-76-70(73)64-61-58-55-52-21-18-15-12-9-6-3)78-72(75)66-63-60-57-54-51-49-47-45-43-40-31-29-27-25-23-20-17-14-11-8-5-2/h7-8,10-11,16-17,19-20,24-27,30-32,40,45,47,51,54,69H,4-6,9,12-15,18,21-23,28-29,33-39,41-44,46,48-50,52-53,55-68H2,1-3H3/b10-7-,11-8-,19-16-,20-17-,26-24-,27-25-,32-30-,40-31-,47-45-,54-51-. The maximum Gasteiger partial charge on any atom is 0.306 e. The van der Waals surface area contributed by atoms with Gasteiger partial charge in [0.25, 0.3) is 0 Å². The van der Waals surface area contributed by atoms with Gasteiger partial charge in [0, 0.05) is 19.3 Å². The summed E-state index contributed by atoms with van der Waals surface area (Å²) in [5.41, 5.74) is 0. The molecular formula is C72H120O6. The van der Waals surface area contributed by atoms with Crippen LogP contribution in [0.1, 0.15) is 297 Å². The van der Waals surface area contributed by atoms with Crippen LogP contribution in [0.25, 0.3) is 0 Å². The predicted octanol–water partition coefficient (Wildman–Crippen LogP) is 22.4. The first kappa shape index (κ1) is 73.8. The monoisotopic (exact) mass is 1080 g/mol. The summed E-state index contributed by atoms with van der Waals surface area (Å²) < 4.78 is 16.9. The van der Waals surface area contributed by atoms with Crippen molar-refractivity contribution in [1.82, 2.24) is 0 Å². The summed E-state index contributed by atoms with van der Waals surface area (Å²) in [7, 11) is 0. The number of rotatable bonds is 58. The minimum atomic E-state index is -0.802. The van der Waals surface area contributed by atoms with Crippen molar-refractivity contribution < 1.29 is 28.6 Å². The lowest BCUT2D eigenvalue weighted by Crippen LogP contribution is -2.30. The Morgan fingerprint density at radius 1 is 0.269 bits per heavy atom. The van der Waals surface area contributed by atoms with E-state index in [0.717, 1.165) is 116 Å². The highest BCUT2D eigenvalue weighted by Gasteiger charge is 2.19. The molecule has 0 heterocycles. The van der Waals surface area contributed by atoms with E-state index in [9.17, 15) is 14.4 Å². The van der Waals surface area contributed by atoms with Crippen LogP contribution in [-0.2, 0) is 28.6 Å². The van der Waals surface area contributed by atoms with E-state index < -0.39 is 6.10 Å². The van der Waals surface area contributed by atoms with Gasteiger partial charge in [0.2, 0.25) is 0 Å². The minimum absolute atomic E-state index is 0.0945. The second-order valence-corrected chi connectivity index (χ2v) is 21.3. The van der Waals surface area contributed by atoms with Crippen LogP contribution in [-0.4, -0.2) is 37.2 Å². The summed E-state index contributed by atoms with van der Waals surface area (Å²) >= 11 is 0. The van der Waals surface area contributed by atoms with Crippen LogP contribution in [0.5, 0.6) is 0 Å². The van der Waals surface area contributed by atoms with Crippen LogP contribution in [0.3, 0.4) is 0 Å². The molecule has 0 amide bonds. The van der Waals surface area contributed by atoms with Gasteiger partial charge in [-0.3, -0.25) is 14.4 Å². The molecule has 0 fully saturated rings. The molecule has 0 N–H and O–H groups in total. The Morgan fingerprint density at radius 3 is 0.808 bits per heavy atom. The first-order chi connectivity index (χ1) is 38.5. The Bertz CT molecular complexity index is 1620. The van der Waals surface area contributed by atoms with Gasteiger partial charge in [-0.05, 0) is 109 Å². The molecule has 6 nitrogen and oxygen atoms in total. The molecule has 78 heavy (non-hydrogen) atoms. The molecule has 0 saturated carbocycles. The fraction of sp³-hybridized carbons (Fsp3) is 0.681. The number of carbonyl (C=O) groups excluding carboxylic acids is 3. The van der Waals surface area contributed by atoms with Crippen LogP contribution in [0.2, 0.25) is 0 Å². The molecule has 0 aromatic rings. The van der Waals surface area contributed by atoms with E-state index in [2.05, 4.69) is 142 Å². The number of hydrogen-bond acceptors (Lipinski definition) is 6. The summed E-state index contributed by atoms with van der Waals surface area (Å²) in [5, 5.41) is 0. The third-order valence-corrected chi connectivity index (χ3v) is 13.7. The number of esters is 3. The maximum absolute atomic E-state index is 12.9. The third-order valence-electron chi connectivity index (χ3n) is 13.7. The lowest BCUT2D eigenvalue weighted by Gasteiger charge is -2.18. The summed E-state index contributed by atoms with van der Waals surface area (Å²) in [6.45, 7) is 6.38. The second-order valence-electron chi connectivity index (χ2n) is 21.3. The van der Waals surface area contributed by atoms with Gasteiger partial charge >= 0.3 is 17.9 Å². The van der Waals surface area contributed by atoms with Crippen molar-refractivity contribution in [2.24, 2.45) is 0 Å². The smallest absolute Gasteiger partial charge is 0.306 e. The minimum Gasteiger partial charge on any atom is -0.462 e. The van der Waals surface area contributed by atoms with Crippen LogP contribution in [0, 0.1) is 0 Å². The SMILES string of the molecule is CC/C=C\C/C=C\C/C=C\C/C=C\C/C=C\C/C=C\CCCCC(=O)OC(COC(=O)CCCCCCCCCCCC)COC(=O)CCCCCCCCCCCCCCCCCC/C=C\C/C=C\C/C=C\C/C=C\CC. The third kappa shape index (κ3) is 62.7. The maximum atomic E-state index is 12.9. The van der Waals surface area contributed by atoms with Crippen LogP contribution >= 0.6 is 0 Å². The Labute approximate surface area is 482 Å². The molecule has 0 saturated heterocycles. The van der Waals surface area contributed by atoms with E-state index in [1.54, 1.807) is 0 Å². The zero-order chi connectivity index (χ0) is 56.4. The largest absolute Gasteiger partial charge is 0.462 e. The van der Waals surface area contributed by atoms with Gasteiger partial charge in [0.1, 0.15) is 13.2 Å². The molecule has 444 valence electrons. The summed E-state index contributed by atoms with van der Waals surface area (Å²) in [6, 6.07) is 0. The molecule has 0 rings (SSSR count). The highest BCUT2D eigenvalue weighted by molar-refractivity contribution is 5.71. The highest BCUT2D eigenvalue weighted by atomic mass is 16.6. The molecule has 0 spiro atoms. The fourth-order valence-corrected chi connectivity index (χ4v) is 8.91. The van der Waals surface area contributed by atoms with Crippen molar-refractivity contribution >= 4 is 17.9 Å². The van der Waals surface area contributed by atoms with Crippen LogP contribution < -0.4 is 0 Å². The van der Waals surface area contributed by atoms with E-state index in [1.807, 2.05) is 0 Å². The van der Waals surface area contributed by atoms with Gasteiger partial charge in [-0.25, -0.2) is 0 Å². The second kappa shape index (κ2) is 65.3. The molecule has 0 aliphatic carbocycles.